The lowest BCUT2D eigenvalue weighted by molar-refractivity contribution is -0.136. The van der Waals surface area contributed by atoms with Crippen molar-refractivity contribution in [3.63, 3.8) is 0 Å². The highest BCUT2D eigenvalue weighted by Crippen LogP contribution is 2.19. The van der Waals surface area contributed by atoms with Crippen molar-refractivity contribution in [2.24, 2.45) is 0 Å². The molecule has 1 amide bonds. The van der Waals surface area contributed by atoms with E-state index in [1.54, 1.807) is 0 Å². The summed E-state index contributed by atoms with van der Waals surface area (Å²) in [6.45, 7) is 5.49. The maximum atomic E-state index is 12.7. The Balaban J connectivity index is 1.57. The van der Waals surface area contributed by atoms with Gasteiger partial charge in [-0.3, -0.25) is 9.69 Å². The van der Waals surface area contributed by atoms with Crippen molar-refractivity contribution in [2.75, 3.05) is 46.0 Å². The first-order chi connectivity index (χ1) is 11.8. The molecule has 24 heavy (non-hydrogen) atoms. The Morgan fingerprint density at radius 2 is 1.88 bits per heavy atom. The molecule has 1 aromatic carbocycles. The van der Waals surface area contributed by atoms with Crippen LogP contribution in [0.2, 0.25) is 0 Å². The van der Waals surface area contributed by atoms with Crippen LogP contribution < -0.4 is 4.74 Å². The molecule has 5 heteroatoms. The van der Waals surface area contributed by atoms with Gasteiger partial charge in [-0.2, -0.15) is 0 Å². The van der Waals surface area contributed by atoms with Gasteiger partial charge in [-0.15, -0.1) is 0 Å². The average molecular weight is 332 g/mol. The van der Waals surface area contributed by atoms with E-state index in [1.165, 1.54) is 12.8 Å². The molecule has 0 N–H and O–H groups in total. The molecule has 1 atom stereocenters. The lowest BCUT2D eigenvalue weighted by atomic mass is 10.1. The van der Waals surface area contributed by atoms with Crippen molar-refractivity contribution in [3.8, 4) is 5.75 Å². The van der Waals surface area contributed by atoms with Crippen LogP contribution >= 0.6 is 0 Å². The molecule has 0 aromatic heterocycles. The van der Waals surface area contributed by atoms with E-state index in [2.05, 4.69) is 9.80 Å². The molecule has 3 rings (SSSR count). The number of hydrogen-bond donors (Lipinski definition) is 0. The Hall–Kier alpha value is -1.59. The molecule has 2 heterocycles. The van der Waals surface area contributed by atoms with E-state index in [-0.39, 0.29) is 12.5 Å². The van der Waals surface area contributed by atoms with Gasteiger partial charge in [0.2, 0.25) is 0 Å². The van der Waals surface area contributed by atoms with Gasteiger partial charge in [0.1, 0.15) is 5.75 Å². The number of para-hydroxylation sites is 1. The maximum Gasteiger partial charge on any atom is 0.260 e. The summed E-state index contributed by atoms with van der Waals surface area (Å²) in [6, 6.07) is 9.88. The summed E-state index contributed by atoms with van der Waals surface area (Å²) in [5, 5.41) is 0. The fourth-order valence-electron chi connectivity index (χ4n) is 3.52. The fourth-order valence-corrected chi connectivity index (χ4v) is 3.52. The third kappa shape index (κ3) is 4.95. The molecule has 0 saturated carbocycles. The van der Waals surface area contributed by atoms with E-state index in [1.807, 2.05) is 30.3 Å². The molecule has 2 fully saturated rings. The van der Waals surface area contributed by atoms with Crippen LogP contribution in [-0.2, 0) is 9.53 Å². The van der Waals surface area contributed by atoms with Crippen molar-refractivity contribution >= 4 is 5.91 Å². The van der Waals surface area contributed by atoms with Crippen molar-refractivity contribution in [1.29, 1.82) is 0 Å². The van der Waals surface area contributed by atoms with Gasteiger partial charge in [0.15, 0.2) is 6.61 Å². The molecule has 2 aliphatic heterocycles. The quantitative estimate of drug-likeness (QED) is 0.829. The minimum absolute atomic E-state index is 0.110. The van der Waals surface area contributed by atoms with Crippen LogP contribution in [0.25, 0.3) is 0 Å². The molecule has 0 radical (unpaired) electrons. The van der Waals surface area contributed by atoms with E-state index >= 15 is 0 Å². The molecule has 132 valence electrons. The van der Waals surface area contributed by atoms with E-state index in [0.717, 1.165) is 58.0 Å². The largest absolute Gasteiger partial charge is 0.484 e. The molecule has 2 saturated heterocycles. The van der Waals surface area contributed by atoms with Crippen LogP contribution in [0.3, 0.4) is 0 Å². The SMILES string of the molecule is O=C(COc1ccccc1)N1CCCCCC1CN1CCOCC1. The van der Waals surface area contributed by atoms with Crippen LogP contribution in [0.5, 0.6) is 5.75 Å². The second-order valence-corrected chi connectivity index (χ2v) is 6.60. The molecule has 2 aliphatic rings. The molecular weight excluding hydrogens is 304 g/mol. The number of carbonyl (C=O) groups excluding carboxylic acids is 1. The van der Waals surface area contributed by atoms with E-state index in [9.17, 15) is 4.79 Å². The van der Waals surface area contributed by atoms with Gasteiger partial charge in [-0.25, -0.2) is 0 Å². The van der Waals surface area contributed by atoms with Crippen molar-refractivity contribution in [2.45, 2.75) is 31.7 Å². The average Bonchev–Trinajstić information content (AvgIpc) is 2.87. The van der Waals surface area contributed by atoms with Gasteiger partial charge in [-0.05, 0) is 25.0 Å². The zero-order valence-electron chi connectivity index (χ0n) is 14.4. The van der Waals surface area contributed by atoms with E-state index < -0.39 is 0 Å². The minimum atomic E-state index is 0.110. The van der Waals surface area contributed by atoms with Gasteiger partial charge >= 0.3 is 0 Å². The van der Waals surface area contributed by atoms with Gasteiger partial charge < -0.3 is 14.4 Å². The Morgan fingerprint density at radius 1 is 1.08 bits per heavy atom. The lowest BCUT2D eigenvalue weighted by Crippen LogP contribution is -2.50. The van der Waals surface area contributed by atoms with Crippen LogP contribution in [0.1, 0.15) is 25.7 Å². The molecule has 0 bridgehead atoms. The molecule has 1 aromatic rings. The number of hydrogen-bond acceptors (Lipinski definition) is 4. The maximum absolute atomic E-state index is 12.7. The summed E-state index contributed by atoms with van der Waals surface area (Å²) in [5.74, 6) is 0.865. The van der Waals surface area contributed by atoms with Gasteiger partial charge in [0.05, 0.1) is 13.2 Å². The number of likely N-dealkylation sites (tertiary alicyclic amines) is 1. The normalized spacial score (nSPS) is 22.8. The summed E-state index contributed by atoms with van der Waals surface area (Å²) in [4.78, 5) is 17.2. The van der Waals surface area contributed by atoms with Crippen LogP contribution in [-0.4, -0.2) is 67.7 Å². The first kappa shape index (κ1) is 17.2. The first-order valence-corrected chi connectivity index (χ1v) is 9.10. The molecule has 0 aliphatic carbocycles. The van der Waals surface area contributed by atoms with Crippen LogP contribution in [0.15, 0.2) is 30.3 Å². The number of morpholine rings is 1. The molecule has 1 unspecified atom stereocenters. The fraction of sp³-hybridized carbons (Fsp3) is 0.632. The van der Waals surface area contributed by atoms with Gasteiger partial charge in [-0.1, -0.05) is 31.0 Å². The number of rotatable bonds is 5. The molecule has 0 spiro atoms. The Bertz CT molecular complexity index is 503. The first-order valence-electron chi connectivity index (χ1n) is 9.10. The highest BCUT2D eigenvalue weighted by atomic mass is 16.5. The summed E-state index contributed by atoms with van der Waals surface area (Å²) in [7, 11) is 0. The van der Waals surface area contributed by atoms with Crippen molar-refractivity contribution in [1.82, 2.24) is 9.80 Å². The standard InChI is InChI=1S/C19H28N2O3/c22-19(16-24-18-8-4-1-5-9-18)21-10-6-2-3-7-17(21)15-20-11-13-23-14-12-20/h1,4-5,8-9,17H,2-3,6-7,10-16H2. The predicted octanol–water partition coefficient (Wildman–Crippen LogP) is 2.17. The van der Waals surface area contributed by atoms with E-state index in [4.69, 9.17) is 9.47 Å². The predicted molar refractivity (Wildman–Crippen MR) is 93.2 cm³/mol. The second kappa shape index (κ2) is 9.04. The number of ether oxygens (including phenoxy) is 2. The summed E-state index contributed by atoms with van der Waals surface area (Å²) < 4.78 is 11.1. The number of benzene rings is 1. The third-order valence-corrected chi connectivity index (χ3v) is 4.88. The zero-order valence-corrected chi connectivity index (χ0v) is 14.4. The smallest absolute Gasteiger partial charge is 0.260 e. The number of amides is 1. The van der Waals surface area contributed by atoms with E-state index in [0.29, 0.717) is 6.04 Å². The second-order valence-electron chi connectivity index (χ2n) is 6.60. The highest BCUT2D eigenvalue weighted by Gasteiger charge is 2.27. The third-order valence-electron chi connectivity index (χ3n) is 4.88. The number of nitrogens with zero attached hydrogens (tertiary/aromatic N) is 2. The Kier molecular flexibility index (Phi) is 6.49. The molecule has 5 nitrogen and oxygen atoms in total. The van der Waals surface area contributed by atoms with Gasteiger partial charge in [0.25, 0.3) is 5.91 Å². The monoisotopic (exact) mass is 332 g/mol. The Morgan fingerprint density at radius 3 is 2.67 bits per heavy atom. The zero-order chi connectivity index (χ0) is 16.6. The lowest BCUT2D eigenvalue weighted by Gasteiger charge is -2.36. The Labute approximate surface area is 144 Å². The summed E-state index contributed by atoms with van der Waals surface area (Å²) >= 11 is 0. The van der Waals surface area contributed by atoms with Crippen molar-refractivity contribution < 1.29 is 14.3 Å². The van der Waals surface area contributed by atoms with Gasteiger partial charge in [0, 0.05) is 32.2 Å². The summed E-state index contributed by atoms with van der Waals surface area (Å²) in [6.07, 6.45) is 4.60. The summed E-state index contributed by atoms with van der Waals surface area (Å²) in [5.41, 5.74) is 0. The van der Waals surface area contributed by atoms with Crippen molar-refractivity contribution in [3.05, 3.63) is 30.3 Å². The highest BCUT2D eigenvalue weighted by molar-refractivity contribution is 5.78. The molecular formula is C19H28N2O3. The van der Waals surface area contributed by atoms with Crippen LogP contribution in [0.4, 0.5) is 0 Å². The number of carbonyl (C=O) groups is 1. The van der Waals surface area contributed by atoms with Crippen LogP contribution in [0, 0.1) is 0 Å². The minimum Gasteiger partial charge on any atom is -0.484 e. The topological polar surface area (TPSA) is 42.0 Å².